The summed E-state index contributed by atoms with van der Waals surface area (Å²) in [5.74, 6) is -0.915. The van der Waals surface area contributed by atoms with Crippen molar-refractivity contribution in [2.24, 2.45) is 0 Å². The molecule has 6 nitrogen and oxygen atoms in total. The number of fused-ring (bicyclic) bond motifs is 4. The van der Waals surface area contributed by atoms with Gasteiger partial charge in [-0.2, -0.15) is 0 Å². The van der Waals surface area contributed by atoms with Gasteiger partial charge in [0.1, 0.15) is 5.52 Å². The second-order valence-electron chi connectivity index (χ2n) is 13.4. The van der Waals surface area contributed by atoms with Crippen molar-refractivity contribution in [3.8, 4) is 11.5 Å². The van der Waals surface area contributed by atoms with Crippen molar-refractivity contribution in [1.29, 1.82) is 0 Å². The number of hydrogen-bond acceptors (Lipinski definition) is 5. The smallest absolute Gasteiger partial charge is 0.343 e. The Morgan fingerprint density at radius 1 is 0.837 bits per heavy atom. The number of rotatable bonds is 3. The standard InChI is InChI=1S/C37H35NO5/c1-36(2,3)25-18-22(19-26(33(25)40)37(4,5)6)35(42)43-28-13-9-11-21-15-17-27(38-31(21)28)30-32(39)24-16-14-20-10-7-8-12-23(20)29(24)34(30)41/h7-19,30,34,40-41H,1-6H3/p+1. The zero-order valence-electron chi connectivity index (χ0n) is 25.3. The number of para-hydroxylation sites is 1. The van der Waals surface area contributed by atoms with Gasteiger partial charge in [-0.15, -0.1) is 0 Å². The normalized spacial score (nSPS) is 17.0. The van der Waals surface area contributed by atoms with Crippen molar-refractivity contribution >= 4 is 33.4 Å². The first-order valence-electron chi connectivity index (χ1n) is 14.5. The molecule has 0 bridgehead atoms. The molecule has 5 aromatic rings. The summed E-state index contributed by atoms with van der Waals surface area (Å²) >= 11 is 0. The Bertz CT molecular complexity index is 1910. The van der Waals surface area contributed by atoms with Crippen molar-refractivity contribution in [2.75, 3.05) is 0 Å². The van der Waals surface area contributed by atoms with Gasteiger partial charge in [0, 0.05) is 16.5 Å². The van der Waals surface area contributed by atoms with Gasteiger partial charge in [-0.1, -0.05) is 96.1 Å². The fourth-order valence-electron chi connectivity index (χ4n) is 6.10. The molecular weight excluding hydrogens is 538 g/mol. The molecule has 6 heteroatoms. The first-order chi connectivity index (χ1) is 20.3. The van der Waals surface area contributed by atoms with Crippen LogP contribution in [0, 0.1) is 0 Å². The molecule has 0 fully saturated rings. The van der Waals surface area contributed by atoms with Gasteiger partial charge in [-0.25, -0.2) is 9.78 Å². The molecule has 43 heavy (non-hydrogen) atoms. The maximum atomic E-state index is 13.6. The van der Waals surface area contributed by atoms with Crippen molar-refractivity contribution in [3.05, 3.63) is 112 Å². The van der Waals surface area contributed by atoms with E-state index in [-0.39, 0.29) is 22.4 Å². The lowest BCUT2D eigenvalue weighted by Gasteiger charge is -2.25. The molecule has 1 aliphatic rings. The highest BCUT2D eigenvalue weighted by atomic mass is 16.5. The number of ether oxygens (including phenoxy) is 1. The quantitative estimate of drug-likeness (QED) is 0.136. The van der Waals surface area contributed by atoms with E-state index in [2.05, 4.69) is 0 Å². The summed E-state index contributed by atoms with van der Waals surface area (Å²) in [6.07, 6.45) is -1.05. The topological polar surface area (TPSA) is 99.4 Å². The molecule has 0 radical (unpaired) electrons. The second-order valence-corrected chi connectivity index (χ2v) is 13.4. The highest BCUT2D eigenvalue weighted by molar-refractivity contribution is 6.10. The van der Waals surface area contributed by atoms with Crippen molar-refractivity contribution in [1.82, 2.24) is 4.98 Å². The lowest BCUT2D eigenvalue weighted by atomic mass is 9.78. The van der Waals surface area contributed by atoms with E-state index in [0.29, 0.717) is 33.7 Å². The number of esters is 1. The van der Waals surface area contributed by atoms with Crippen LogP contribution in [0.3, 0.4) is 0 Å². The van der Waals surface area contributed by atoms with Gasteiger partial charge >= 0.3 is 5.97 Å². The summed E-state index contributed by atoms with van der Waals surface area (Å²) in [4.78, 5) is 32.0. The van der Waals surface area contributed by atoms with Crippen LogP contribution in [0.1, 0.15) is 96.7 Å². The van der Waals surface area contributed by atoms with E-state index in [1.54, 1.807) is 36.4 Å². The number of ketones is 1. The molecule has 1 aromatic heterocycles. The van der Waals surface area contributed by atoms with E-state index in [1.807, 2.05) is 84.0 Å². The minimum absolute atomic E-state index is 0.186. The summed E-state index contributed by atoms with van der Waals surface area (Å²) in [5.41, 5.74) is 3.18. The molecule has 0 saturated heterocycles. The van der Waals surface area contributed by atoms with Crippen LogP contribution in [0.4, 0.5) is 0 Å². The highest BCUT2D eigenvalue weighted by Gasteiger charge is 2.42. The average molecular weight is 575 g/mol. The first-order valence-corrected chi connectivity index (χ1v) is 14.5. The van der Waals surface area contributed by atoms with Crippen LogP contribution in [0.25, 0.3) is 21.7 Å². The third-order valence-electron chi connectivity index (χ3n) is 8.35. The molecule has 0 aliphatic heterocycles. The van der Waals surface area contributed by atoms with Crippen molar-refractivity contribution < 1.29 is 24.5 Å². The number of aliphatic hydroxyl groups excluding tert-OH is 1. The van der Waals surface area contributed by atoms with E-state index >= 15 is 0 Å². The molecule has 0 spiro atoms. The predicted octanol–water partition coefficient (Wildman–Crippen LogP) is 7.65. The van der Waals surface area contributed by atoms with E-state index in [4.69, 9.17) is 14.8 Å². The second kappa shape index (κ2) is 10.0. The largest absolute Gasteiger partial charge is 0.593 e. The van der Waals surface area contributed by atoms with Gasteiger partial charge in [-0.3, -0.25) is 4.79 Å². The molecule has 2 atom stereocenters. The van der Waals surface area contributed by atoms with Gasteiger partial charge in [0.05, 0.1) is 34.4 Å². The molecule has 0 saturated carbocycles. The van der Waals surface area contributed by atoms with Crippen LogP contribution in [-0.4, -0.2) is 26.9 Å². The Kier molecular flexibility index (Phi) is 6.66. The molecule has 3 N–H and O–H groups in total. The Balaban J connectivity index is 1.40. The Morgan fingerprint density at radius 2 is 1.47 bits per heavy atom. The van der Waals surface area contributed by atoms with Crippen LogP contribution in [0.5, 0.6) is 11.5 Å². The molecule has 0 amide bonds. The number of carbonyl (C=O) groups is 2. The summed E-state index contributed by atoms with van der Waals surface area (Å²) in [5, 5.41) is 22.8. The Morgan fingerprint density at radius 3 is 2.14 bits per heavy atom. The van der Waals surface area contributed by atoms with Gasteiger partial charge in [-0.05, 0) is 45.9 Å². The van der Waals surface area contributed by atoms with Crippen LogP contribution in [0.2, 0.25) is 0 Å². The van der Waals surface area contributed by atoms with Crippen molar-refractivity contribution in [2.45, 2.75) is 64.4 Å². The summed E-state index contributed by atoms with van der Waals surface area (Å²) < 4.78 is 5.97. The van der Waals surface area contributed by atoms with E-state index < -0.39 is 18.0 Å². The number of aromatic nitrogens is 1. The van der Waals surface area contributed by atoms with Crippen LogP contribution < -0.4 is 4.74 Å². The fraction of sp³-hybridized carbons (Fsp3) is 0.270. The molecule has 6 rings (SSSR count). The zero-order valence-corrected chi connectivity index (χ0v) is 25.3. The molecule has 1 heterocycles. The lowest BCUT2D eigenvalue weighted by molar-refractivity contribution is 0.0735. The lowest BCUT2D eigenvalue weighted by Crippen LogP contribution is -2.20. The predicted molar refractivity (Wildman–Crippen MR) is 170 cm³/mol. The summed E-state index contributed by atoms with van der Waals surface area (Å²) in [6.45, 7) is 12.2. The van der Waals surface area contributed by atoms with E-state index in [9.17, 15) is 14.7 Å². The number of pyridine rings is 1. The number of Topliss-reactive ketones (excluding diaryl/α,β-unsaturated/α-hetero) is 1. The Hall–Kier alpha value is -4.55. The number of aliphatic hydroxyl groups is 1. The monoisotopic (exact) mass is 574 g/mol. The molecule has 218 valence electrons. The third-order valence-corrected chi connectivity index (χ3v) is 8.35. The number of nitrogens with zero attached hydrogens (tertiary/aromatic N) is 1. The fourth-order valence-corrected chi connectivity index (χ4v) is 6.10. The number of carbonyl (C=O) groups excluding carboxylic acids is 2. The molecule has 4 aromatic carbocycles. The zero-order chi connectivity index (χ0) is 30.8. The van der Waals surface area contributed by atoms with Gasteiger partial charge in [0.25, 0.3) is 5.75 Å². The highest BCUT2D eigenvalue weighted by Crippen LogP contribution is 2.45. The molecule has 1 aliphatic carbocycles. The van der Waals surface area contributed by atoms with E-state index in [0.717, 1.165) is 27.3 Å². The molecular formula is C37H36NO5+. The van der Waals surface area contributed by atoms with Crippen LogP contribution >= 0.6 is 0 Å². The van der Waals surface area contributed by atoms with Gasteiger partial charge in [0.2, 0.25) is 0 Å². The summed E-state index contributed by atoms with van der Waals surface area (Å²) in [7, 11) is 0. The van der Waals surface area contributed by atoms with Crippen molar-refractivity contribution in [3.63, 3.8) is 0 Å². The third kappa shape index (κ3) is 4.86. The maximum Gasteiger partial charge on any atom is 0.343 e. The minimum atomic E-state index is -1.05. The Labute approximate surface area is 251 Å². The molecule has 2 unspecified atom stereocenters. The van der Waals surface area contributed by atoms with Crippen LogP contribution in [-0.2, 0) is 10.8 Å². The van der Waals surface area contributed by atoms with E-state index in [1.165, 1.54) is 0 Å². The summed E-state index contributed by atoms with van der Waals surface area (Å²) in [6, 6.07) is 23.8. The first kappa shape index (κ1) is 28.6. The number of benzene rings is 4. The SMILES string of the molecule is CC(C)(C)c1cc(C(=O)Oc2cccc3ccc(C4C(=O)c5ccc6ccccc6c5C4O)nc23)cc(C(C)(C)C)c1[OH2+]. The van der Waals surface area contributed by atoms with Gasteiger partial charge < -0.3 is 14.9 Å². The average Bonchev–Trinajstić information content (AvgIpc) is 3.21. The van der Waals surface area contributed by atoms with Crippen LogP contribution in [0.15, 0.2) is 78.9 Å². The van der Waals surface area contributed by atoms with Gasteiger partial charge in [0.15, 0.2) is 11.5 Å². The number of hydrogen-bond donors (Lipinski definition) is 1. The maximum absolute atomic E-state index is 13.6. The minimum Gasteiger partial charge on any atom is -0.593 e.